The summed E-state index contributed by atoms with van der Waals surface area (Å²) in [4.78, 5) is 12.3. The summed E-state index contributed by atoms with van der Waals surface area (Å²) < 4.78 is 11.2. The third-order valence-electron chi connectivity index (χ3n) is 4.71. The minimum atomic E-state index is -0.0617. The number of hydrogen-bond acceptors (Lipinski definition) is 4. The molecule has 1 aliphatic heterocycles. The van der Waals surface area contributed by atoms with Crippen molar-refractivity contribution in [3.8, 4) is 11.5 Å². The van der Waals surface area contributed by atoms with Crippen LogP contribution in [0.2, 0.25) is 0 Å². The Bertz CT molecular complexity index is 545. The van der Waals surface area contributed by atoms with Crippen molar-refractivity contribution in [2.75, 3.05) is 26.3 Å². The van der Waals surface area contributed by atoms with E-state index in [2.05, 4.69) is 10.6 Å². The van der Waals surface area contributed by atoms with Crippen molar-refractivity contribution < 1.29 is 14.3 Å². The van der Waals surface area contributed by atoms with Gasteiger partial charge in [0.2, 0.25) is 0 Å². The second-order valence-electron chi connectivity index (χ2n) is 6.61. The first-order valence-corrected chi connectivity index (χ1v) is 9.24. The molecular formula is C19H29ClN2O3. The van der Waals surface area contributed by atoms with E-state index in [0.717, 1.165) is 18.7 Å². The molecule has 140 valence electrons. The van der Waals surface area contributed by atoms with Crippen LogP contribution in [0.5, 0.6) is 11.5 Å². The van der Waals surface area contributed by atoms with Gasteiger partial charge in [0.15, 0.2) is 11.5 Å². The van der Waals surface area contributed by atoms with Crippen LogP contribution in [0.25, 0.3) is 0 Å². The van der Waals surface area contributed by atoms with E-state index in [1.54, 1.807) is 12.1 Å². The highest BCUT2D eigenvalue weighted by Crippen LogP contribution is 2.30. The van der Waals surface area contributed by atoms with Crippen molar-refractivity contribution in [2.45, 2.75) is 51.0 Å². The number of nitrogens with one attached hydrogen (secondary N) is 2. The Morgan fingerprint density at radius 1 is 0.960 bits per heavy atom. The Hall–Kier alpha value is -1.46. The molecule has 2 N–H and O–H groups in total. The van der Waals surface area contributed by atoms with Crippen LogP contribution in [0.3, 0.4) is 0 Å². The molecule has 0 bridgehead atoms. The van der Waals surface area contributed by atoms with Crippen LogP contribution >= 0.6 is 12.4 Å². The van der Waals surface area contributed by atoms with Gasteiger partial charge < -0.3 is 20.1 Å². The predicted molar refractivity (Wildman–Crippen MR) is 101 cm³/mol. The van der Waals surface area contributed by atoms with Crippen molar-refractivity contribution >= 4 is 18.3 Å². The molecule has 0 atom stereocenters. The maximum Gasteiger partial charge on any atom is 0.251 e. The lowest BCUT2D eigenvalue weighted by Gasteiger charge is -2.16. The normalized spacial score (nSPS) is 17.8. The highest BCUT2D eigenvalue weighted by atomic mass is 35.5. The number of amides is 1. The summed E-state index contributed by atoms with van der Waals surface area (Å²) in [5.41, 5.74) is 0.619. The fraction of sp³-hybridized carbons (Fsp3) is 0.632. The van der Waals surface area contributed by atoms with E-state index in [1.165, 1.54) is 38.5 Å². The zero-order valence-electron chi connectivity index (χ0n) is 14.7. The molecule has 25 heavy (non-hydrogen) atoms. The van der Waals surface area contributed by atoms with Gasteiger partial charge in [-0.25, -0.2) is 0 Å². The van der Waals surface area contributed by atoms with Gasteiger partial charge in [0.1, 0.15) is 0 Å². The molecule has 0 saturated heterocycles. The third kappa shape index (κ3) is 6.08. The predicted octanol–water partition coefficient (Wildman–Crippen LogP) is 3.31. The van der Waals surface area contributed by atoms with Crippen LogP contribution in [-0.2, 0) is 0 Å². The molecule has 0 spiro atoms. The Labute approximate surface area is 156 Å². The summed E-state index contributed by atoms with van der Waals surface area (Å²) in [6.45, 7) is 2.75. The summed E-state index contributed by atoms with van der Waals surface area (Å²) in [5.74, 6) is 1.32. The first-order chi connectivity index (χ1) is 11.8. The summed E-state index contributed by atoms with van der Waals surface area (Å²) in [6, 6.07) is 6.00. The maximum absolute atomic E-state index is 12.3. The molecule has 1 fully saturated rings. The number of carbonyl (C=O) groups excluding carboxylic acids is 1. The SMILES string of the molecule is Cl.O=C(NCCNC1CCCCCC1)c1ccc2c(c1)OCCCO2. The van der Waals surface area contributed by atoms with Crippen molar-refractivity contribution in [1.29, 1.82) is 0 Å². The summed E-state index contributed by atoms with van der Waals surface area (Å²) in [6.07, 6.45) is 8.75. The van der Waals surface area contributed by atoms with E-state index in [4.69, 9.17) is 9.47 Å². The van der Waals surface area contributed by atoms with Crippen LogP contribution in [0.15, 0.2) is 18.2 Å². The van der Waals surface area contributed by atoms with Gasteiger partial charge in [-0.15, -0.1) is 12.4 Å². The quantitative estimate of drug-likeness (QED) is 0.618. The van der Waals surface area contributed by atoms with Gasteiger partial charge in [0.25, 0.3) is 5.91 Å². The van der Waals surface area contributed by atoms with Crippen LogP contribution in [0.1, 0.15) is 55.3 Å². The van der Waals surface area contributed by atoms with Gasteiger partial charge in [-0.3, -0.25) is 4.79 Å². The van der Waals surface area contributed by atoms with Crippen molar-refractivity contribution in [1.82, 2.24) is 10.6 Å². The summed E-state index contributed by atoms with van der Waals surface area (Å²) in [7, 11) is 0. The van der Waals surface area contributed by atoms with Gasteiger partial charge in [-0.05, 0) is 31.0 Å². The number of fused-ring (bicyclic) bond motifs is 1. The van der Waals surface area contributed by atoms with Gasteiger partial charge >= 0.3 is 0 Å². The average Bonchev–Trinajstić information content (AvgIpc) is 3.00. The highest BCUT2D eigenvalue weighted by Gasteiger charge is 2.14. The van der Waals surface area contributed by atoms with Crippen LogP contribution in [0.4, 0.5) is 0 Å². The molecule has 2 aliphatic rings. The molecule has 0 aromatic heterocycles. The average molecular weight is 369 g/mol. The van der Waals surface area contributed by atoms with E-state index >= 15 is 0 Å². The number of rotatable bonds is 5. The molecule has 1 saturated carbocycles. The molecule has 1 aromatic rings. The lowest BCUT2D eigenvalue weighted by atomic mass is 10.1. The Morgan fingerprint density at radius 2 is 1.68 bits per heavy atom. The molecule has 3 rings (SSSR count). The lowest BCUT2D eigenvalue weighted by Crippen LogP contribution is -2.36. The minimum Gasteiger partial charge on any atom is -0.490 e. The van der Waals surface area contributed by atoms with Crippen LogP contribution in [-0.4, -0.2) is 38.3 Å². The Kier molecular flexibility index (Phi) is 8.35. The van der Waals surface area contributed by atoms with Gasteiger partial charge in [-0.1, -0.05) is 25.7 Å². The molecule has 1 heterocycles. The van der Waals surface area contributed by atoms with E-state index in [-0.39, 0.29) is 18.3 Å². The standard InChI is InChI=1S/C19H28N2O3.ClH/c22-19(21-11-10-20-16-6-3-1-2-4-7-16)15-8-9-17-18(14-15)24-13-5-12-23-17;/h8-9,14,16,20H,1-7,10-13H2,(H,21,22);1H. The topological polar surface area (TPSA) is 59.6 Å². The van der Waals surface area contributed by atoms with E-state index in [9.17, 15) is 4.79 Å². The van der Waals surface area contributed by atoms with E-state index in [1.807, 2.05) is 6.07 Å². The second kappa shape index (κ2) is 10.5. The van der Waals surface area contributed by atoms with E-state index < -0.39 is 0 Å². The van der Waals surface area contributed by atoms with Gasteiger partial charge in [0, 0.05) is 31.1 Å². The third-order valence-corrected chi connectivity index (χ3v) is 4.71. The molecule has 1 aliphatic carbocycles. The largest absolute Gasteiger partial charge is 0.490 e. The Balaban J connectivity index is 0.00000225. The highest BCUT2D eigenvalue weighted by molar-refractivity contribution is 5.94. The van der Waals surface area contributed by atoms with Gasteiger partial charge in [0.05, 0.1) is 13.2 Å². The number of ether oxygens (including phenoxy) is 2. The van der Waals surface area contributed by atoms with Crippen LogP contribution < -0.4 is 20.1 Å². The molecule has 6 heteroatoms. The Morgan fingerprint density at radius 3 is 2.44 bits per heavy atom. The molecular weight excluding hydrogens is 340 g/mol. The first kappa shape index (κ1) is 19.9. The number of carbonyl (C=O) groups is 1. The zero-order chi connectivity index (χ0) is 16.6. The van der Waals surface area contributed by atoms with Gasteiger partial charge in [-0.2, -0.15) is 0 Å². The van der Waals surface area contributed by atoms with E-state index in [0.29, 0.717) is 37.1 Å². The second-order valence-corrected chi connectivity index (χ2v) is 6.61. The molecule has 5 nitrogen and oxygen atoms in total. The van der Waals surface area contributed by atoms with Crippen molar-refractivity contribution in [2.24, 2.45) is 0 Å². The van der Waals surface area contributed by atoms with Crippen molar-refractivity contribution in [3.63, 3.8) is 0 Å². The number of hydrogen-bond donors (Lipinski definition) is 2. The molecule has 0 unspecified atom stereocenters. The van der Waals surface area contributed by atoms with Crippen LogP contribution in [0, 0.1) is 0 Å². The summed E-state index contributed by atoms with van der Waals surface area (Å²) >= 11 is 0. The monoisotopic (exact) mass is 368 g/mol. The lowest BCUT2D eigenvalue weighted by molar-refractivity contribution is 0.0953. The smallest absolute Gasteiger partial charge is 0.251 e. The number of benzene rings is 1. The zero-order valence-corrected chi connectivity index (χ0v) is 15.5. The molecule has 1 aromatic carbocycles. The fourth-order valence-electron chi connectivity index (χ4n) is 3.34. The first-order valence-electron chi connectivity index (χ1n) is 9.24. The molecule has 0 radical (unpaired) electrons. The minimum absolute atomic E-state index is 0. The number of halogens is 1. The van der Waals surface area contributed by atoms with Crippen molar-refractivity contribution in [3.05, 3.63) is 23.8 Å². The fourth-order valence-corrected chi connectivity index (χ4v) is 3.34. The summed E-state index contributed by atoms with van der Waals surface area (Å²) in [5, 5.41) is 6.55. The molecule has 1 amide bonds. The maximum atomic E-state index is 12.3.